The lowest BCUT2D eigenvalue weighted by atomic mass is 10.0. The molecule has 130 valence electrons. The van der Waals surface area contributed by atoms with Gasteiger partial charge in [-0.3, -0.25) is 4.79 Å². The van der Waals surface area contributed by atoms with Gasteiger partial charge < -0.3 is 9.47 Å². The minimum Gasteiger partial charge on any atom is -0.332 e. The fraction of sp³-hybridized carbons (Fsp3) is 0.692. The van der Waals surface area contributed by atoms with E-state index < -0.39 is 28.9 Å². The lowest BCUT2D eigenvalue weighted by Crippen LogP contribution is -2.50. The summed E-state index contributed by atoms with van der Waals surface area (Å²) in [6.45, 7) is -0.223. The summed E-state index contributed by atoms with van der Waals surface area (Å²) in [5.74, 6) is -0.416. The number of alkyl halides is 2. The Morgan fingerprint density at radius 2 is 2.04 bits per heavy atom. The number of amides is 1. The summed E-state index contributed by atoms with van der Waals surface area (Å²) in [5, 5.41) is 0. The highest BCUT2D eigenvalue weighted by Crippen LogP contribution is 2.20. The number of piperidine rings is 1. The molecule has 2 rings (SSSR count). The van der Waals surface area contributed by atoms with Crippen LogP contribution in [0.15, 0.2) is 18.7 Å². The van der Waals surface area contributed by atoms with Crippen molar-refractivity contribution in [3.8, 4) is 0 Å². The highest BCUT2D eigenvalue weighted by Gasteiger charge is 2.32. The Morgan fingerprint density at radius 3 is 2.52 bits per heavy atom. The third kappa shape index (κ3) is 4.96. The van der Waals surface area contributed by atoms with Gasteiger partial charge in [0.1, 0.15) is 6.54 Å². The summed E-state index contributed by atoms with van der Waals surface area (Å²) < 4.78 is 51.5. The molecule has 0 spiro atoms. The Morgan fingerprint density at radius 1 is 1.39 bits per heavy atom. The van der Waals surface area contributed by atoms with Crippen LogP contribution in [0.25, 0.3) is 0 Å². The van der Waals surface area contributed by atoms with Gasteiger partial charge in [-0.1, -0.05) is 0 Å². The predicted octanol–water partition coefficient (Wildman–Crippen LogP) is 0.401. The van der Waals surface area contributed by atoms with Crippen molar-refractivity contribution in [2.45, 2.75) is 31.9 Å². The fourth-order valence-electron chi connectivity index (χ4n) is 2.72. The molecular formula is C13H20F2N4O3S. The van der Waals surface area contributed by atoms with E-state index in [1.54, 1.807) is 6.20 Å². The minimum atomic E-state index is -3.29. The van der Waals surface area contributed by atoms with Crippen LogP contribution in [-0.4, -0.2) is 71.4 Å². The molecular weight excluding hydrogens is 330 g/mol. The zero-order chi connectivity index (χ0) is 17.0. The third-order valence-electron chi connectivity index (χ3n) is 3.87. The van der Waals surface area contributed by atoms with Crippen LogP contribution >= 0.6 is 0 Å². The molecule has 0 aromatic carbocycles. The molecule has 1 fully saturated rings. The highest BCUT2D eigenvalue weighted by molar-refractivity contribution is 7.88. The van der Waals surface area contributed by atoms with Gasteiger partial charge in [-0.25, -0.2) is 26.5 Å². The molecule has 1 aliphatic rings. The molecule has 1 aromatic rings. The van der Waals surface area contributed by atoms with Gasteiger partial charge in [-0.15, -0.1) is 0 Å². The average Bonchev–Trinajstić information content (AvgIpc) is 2.96. The van der Waals surface area contributed by atoms with Crippen LogP contribution in [-0.2, 0) is 21.4 Å². The lowest BCUT2D eigenvalue weighted by molar-refractivity contribution is -0.137. The second-order valence-corrected chi connectivity index (χ2v) is 7.55. The molecule has 0 unspecified atom stereocenters. The molecule has 1 amide bonds. The van der Waals surface area contributed by atoms with E-state index in [2.05, 4.69) is 4.98 Å². The van der Waals surface area contributed by atoms with Crippen LogP contribution in [0, 0.1) is 0 Å². The van der Waals surface area contributed by atoms with Gasteiger partial charge in [0.25, 0.3) is 6.43 Å². The zero-order valence-corrected chi connectivity index (χ0v) is 13.6. The fourth-order valence-corrected chi connectivity index (χ4v) is 3.59. The maximum atomic E-state index is 12.8. The summed E-state index contributed by atoms with van der Waals surface area (Å²) >= 11 is 0. The van der Waals surface area contributed by atoms with Crippen molar-refractivity contribution in [3.05, 3.63) is 18.7 Å². The first-order valence-corrected chi connectivity index (χ1v) is 9.10. The van der Waals surface area contributed by atoms with Gasteiger partial charge in [0.05, 0.1) is 19.1 Å². The molecule has 10 heteroatoms. The Balaban J connectivity index is 2.02. The summed E-state index contributed by atoms with van der Waals surface area (Å²) in [7, 11) is -3.29. The second-order valence-electron chi connectivity index (χ2n) is 5.57. The smallest absolute Gasteiger partial charge is 0.255 e. The maximum Gasteiger partial charge on any atom is 0.255 e. The maximum absolute atomic E-state index is 12.8. The van der Waals surface area contributed by atoms with Gasteiger partial charge in [0.2, 0.25) is 15.9 Å². The van der Waals surface area contributed by atoms with Crippen molar-refractivity contribution in [1.82, 2.24) is 18.8 Å². The summed E-state index contributed by atoms with van der Waals surface area (Å²) in [4.78, 5) is 17.3. The van der Waals surface area contributed by atoms with E-state index in [4.69, 9.17) is 0 Å². The number of nitrogens with zero attached hydrogens (tertiary/aromatic N) is 4. The summed E-state index contributed by atoms with van der Waals surface area (Å²) in [6.07, 6.45) is 3.75. The van der Waals surface area contributed by atoms with Crippen molar-refractivity contribution in [3.63, 3.8) is 0 Å². The van der Waals surface area contributed by atoms with E-state index in [9.17, 15) is 22.0 Å². The number of carbonyl (C=O) groups is 1. The second kappa shape index (κ2) is 7.35. The molecule has 1 aliphatic heterocycles. The van der Waals surface area contributed by atoms with Crippen molar-refractivity contribution in [1.29, 1.82) is 0 Å². The molecule has 0 bridgehead atoms. The topological polar surface area (TPSA) is 75.5 Å². The molecule has 1 aromatic heterocycles. The molecule has 23 heavy (non-hydrogen) atoms. The van der Waals surface area contributed by atoms with E-state index in [1.165, 1.54) is 26.3 Å². The first-order chi connectivity index (χ1) is 10.8. The SMILES string of the molecule is CS(=O)(=O)N1CCC(N(CC(F)F)C(=O)Cn2ccnc2)CC1. The predicted molar refractivity (Wildman–Crippen MR) is 79.4 cm³/mol. The van der Waals surface area contributed by atoms with Crippen LogP contribution in [0.4, 0.5) is 8.78 Å². The number of hydrogen-bond donors (Lipinski definition) is 0. The Hall–Kier alpha value is -1.55. The quantitative estimate of drug-likeness (QED) is 0.744. The largest absolute Gasteiger partial charge is 0.332 e. The number of aromatic nitrogens is 2. The number of sulfonamides is 1. The Kier molecular flexibility index (Phi) is 5.69. The van der Waals surface area contributed by atoms with Gasteiger partial charge in [0.15, 0.2) is 0 Å². The van der Waals surface area contributed by atoms with Gasteiger partial charge in [-0.05, 0) is 12.8 Å². The number of hydrogen-bond acceptors (Lipinski definition) is 4. The van der Waals surface area contributed by atoms with E-state index in [-0.39, 0.29) is 25.7 Å². The van der Waals surface area contributed by atoms with Gasteiger partial charge in [0, 0.05) is 31.5 Å². The summed E-state index contributed by atoms with van der Waals surface area (Å²) in [6, 6.07) is -0.377. The molecule has 0 radical (unpaired) electrons. The number of carbonyl (C=O) groups excluding carboxylic acids is 1. The molecule has 0 saturated carbocycles. The van der Waals surface area contributed by atoms with Crippen molar-refractivity contribution in [2.24, 2.45) is 0 Å². The van der Waals surface area contributed by atoms with Crippen LogP contribution in [0.2, 0.25) is 0 Å². The zero-order valence-electron chi connectivity index (χ0n) is 12.8. The first kappa shape index (κ1) is 17.8. The normalized spacial score (nSPS) is 17.6. The van der Waals surface area contributed by atoms with E-state index >= 15 is 0 Å². The number of imidazole rings is 1. The van der Waals surface area contributed by atoms with Crippen molar-refractivity contribution in [2.75, 3.05) is 25.9 Å². The third-order valence-corrected chi connectivity index (χ3v) is 5.17. The average molecular weight is 350 g/mol. The van der Waals surface area contributed by atoms with E-state index in [0.29, 0.717) is 12.8 Å². The van der Waals surface area contributed by atoms with Crippen LogP contribution < -0.4 is 0 Å². The minimum absolute atomic E-state index is 0.0565. The standard InChI is InChI=1S/C13H20F2N4O3S/c1-23(21,22)18-5-2-11(3-6-18)19(8-12(14)15)13(20)9-17-7-4-16-10-17/h4,7,10-12H,2-3,5-6,8-9H2,1H3. The monoisotopic (exact) mass is 350 g/mol. The first-order valence-electron chi connectivity index (χ1n) is 7.26. The molecule has 2 heterocycles. The van der Waals surface area contributed by atoms with Gasteiger partial charge in [-0.2, -0.15) is 0 Å². The lowest BCUT2D eigenvalue weighted by Gasteiger charge is -2.37. The molecule has 0 atom stereocenters. The molecule has 1 saturated heterocycles. The Bertz CT molecular complexity index is 613. The Labute approximate surface area is 133 Å². The number of rotatable bonds is 6. The van der Waals surface area contributed by atoms with Gasteiger partial charge >= 0.3 is 0 Å². The molecule has 0 aliphatic carbocycles. The summed E-state index contributed by atoms with van der Waals surface area (Å²) in [5.41, 5.74) is 0. The van der Waals surface area contributed by atoms with E-state index in [1.807, 2.05) is 0 Å². The van der Waals surface area contributed by atoms with Crippen molar-refractivity contribution >= 4 is 15.9 Å². The van der Waals surface area contributed by atoms with Crippen LogP contribution in [0.3, 0.4) is 0 Å². The van der Waals surface area contributed by atoms with Crippen LogP contribution in [0.1, 0.15) is 12.8 Å². The highest BCUT2D eigenvalue weighted by atomic mass is 32.2. The van der Waals surface area contributed by atoms with E-state index in [0.717, 1.165) is 6.26 Å². The molecule has 7 nitrogen and oxygen atoms in total. The molecule has 0 N–H and O–H groups in total. The number of halogens is 2. The van der Waals surface area contributed by atoms with Crippen LogP contribution in [0.5, 0.6) is 0 Å². The van der Waals surface area contributed by atoms with Crippen molar-refractivity contribution < 1.29 is 22.0 Å².